The van der Waals surface area contributed by atoms with Crippen LogP contribution in [0.15, 0.2) is 15.7 Å². The lowest BCUT2D eigenvalue weighted by molar-refractivity contribution is 0.129. The topological polar surface area (TPSA) is 47.0 Å². The molecule has 1 fully saturated rings. The van der Waals surface area contributed by atoms with Crippen LogP contribution in [-0.2, 0) is 4.74 Å². The maximum atomic E-state index is 5.58. The molecule has 4 nitrogen and oxygen atoms in total. The quantitative estimate of drug-likeness (QED) is 0.684. The van der Waals surface area contributed by atoms with Crippen molar-refractivity contribution in [1.29, 1.82) is 0 Å². The Bertz CT molecular complexity index is 358. The minimum absolute atomic E-state index is 0.380. The van der Waals surface area contributed by atoms with Crippen LogP contribution < -0.4 is 5.32 Å². The molecule has 16 heavy (non-hydrogen) atoms. The third kappa shape index (κ3) is 3.09. The molecule has 1 aliphatic heterocycles. The van der Waals surface area contributed by atoms with Gasteiger partial charge in [0.25, 0.3) is 0 Å². The summed E-state index contributed by atoms with van der Waals surface area (Å²) in [7, 11) is 1.82. The van der Waals surface area contributed by atoms with Crippen molar-refractivity contribution in [3.63, 3.8) is 0 Å². The van der Waals surface area contributed by atoms with E-state index < -0.39 is 0 Å². The van der Waals surface area contributed by atoms with E-state index in [2.05, 4.69) is 31.2 Å². The Kier molecular flexibility index (Phi) is 4.43. The molecule has 2 rings (SSSR count). The second-order valence-corrected chi connectivity index (χ2v) is 5.41. The van der Waals surface area contributed by atoms with Crippen LogP contribution in [0.2, 0.25) is 0 Å². The maximum absolute atomic E-state index is 5.58. The summed E-state index contributed by atoms with van der Waals surface area (Å²) in [5, 5.41) is 3.90. The number of halogens is 1. The molecular formula is C10H14BrN3OS. The molecule has 0 aliphatic carbocycles. The molecule has 0 radical (unpaired) electrons. The van der Waals surface area contributed by atoms with E-state index in [0.717, 1.165) is 28.3 Å². The van der Waals surface area contributed by atoms with Crippen LogP contribution >= 0.6 is 27.7 Å². The van der Waals surface area contributed by atoms with Gasteiger partial charge in [0.2, 0.25) is 5.95 Å². The number of ether oxygens (including phenoxy) is 1. The maximum Gasteiger partial charge on any atom is 0.223 e. The van der Waals surface area contributed by atoms with E-state index in [1.807, 2.05) is 7.05 Å². The molecule has 0 aromatic carbocycles. The van der Waals surface area contributed by atoms with Gasteiger partial charge in [-0.05, 0) is 28.8 Å². The van der Waals surface area contributed by atoms with Gasteiger partial charge in [-0.2, -0.15) is 0 Å². The normalized spacial score (nSPS) is 20.0. The number of hydrogen-bond acceptors (Lipinski definition) is 5. The Balaban J connectivity index is 1.96. The van der Waals surface area contributed by atoms with Crippen LogP contribution in [0.25, 0.3) is 0 Å². The highest BCUT2D eigenvalue weighted by molar-refractivity contribution is 9.10. The minimum Gasteiger partial charge on any atom is -0.377 e. The second-order valence-electron chi connectivity index (χ2n) is 3.54. The van der Waals surface area contributed by atoms with Crippen molar-refractivity contribution in [2.45, 2.75) is 24.0 Å². The summed E-state index contributed by atoms with van der Waals surface area (Å²) in [5.41, 5.74) is 0. The van der Waals surface area contributed by atoms with Gasteiger partial charge in [-0.3, -0.25) is 0 Å². The third-order valence-electron chi connectivity index (χ3n) is 2.37. The van der Waals surface area contributed by atoms with Gasteiger partial charge in [0.1, 0.15) is 5.03 Å². The Morgan fingerprint density at radius 3 is 3.25 bits per heavy atom. The first-order valence-corrected chi connectivity index (χ1v) is 7.02. The summed E-state index contributed by atoms with van der Waals surface area (Å²) < 4.78 is 6.52. The van der Waals surface area contributed by atoms with Gasteiger partial charge in [-0.15, -0.1) is 11.8 Å². The lowest BCUT2D eigenvalue weighted by Gasteiger charge is -2.09. The first-order chi connectivity index (χ1) is 7.79. The zero-order valence-corrected chi connectivity index (χ0v) is 11.5. The summed E-state index contributed by atoms with van der Waals surface area (Å²) in [6.45, 7) is 0.901. The summed E-state index contributed by atoms with van der Waals surface area (Å²) in [6, 6.07) is 0. The molecule has 0 spiro atoms. The number of anilines is 1. The summed E-state index contributed by atoms with van der Waals surface area (Å²) >= 11 is 5.17. The SMILES string of the molecule is CNc1ncc(Br)c(SCC2CCCO2)n1. The molecule has 1 aromatic rings. The van der Waals surface area contributed by atoms with Crippen LogP contribution in [0.4, 0.5) is 5.95 Å². The summed E-state index contributed by atoms with van der Waals surface area (Å²) in [5.74, 6) is 1.61. The largest absolute Gasteiger partial charge is 0.377 e. The number of aromatic nitrogens is 2. The third-order valence-corrected chi connectivity index (χ3v) is 4.33. The van der Waals surface area contributed by atoms with Gasteiger partial charge in [0.05, 0.1) is 10.6 Å². The van der Waals surface area contributed by atoms with E-state index in [-0.39, 0.29) is 0 Å². The van der Waals surface area contributed by atoms with E-state index in [1.54, 1.807) is 18.0 Å². The van der Waals surface area contributed by atoms with E-state index >= 15 is 0 Å². The van der Waals surface area contributed by atoms with Crippen LogP contribution in [-0.4, -0.2) is 35.5 Å². The zero-order chi connectivity index (χ0) is 11.4. The Labute approximate surface area is 108 Å². The molecule has 0 bridgehead atoms. The molecule has 0 amide bonds. The molecule has 1 aromatic heterocycles. The molecule has 1 N–H and O–H groups in total. The fraction of sp³-hybridized carbons (Fsp3) is 0.600. The molecule has 1 aliphatic rings. The fourth-order valence-electron chi connectivity index (χ4n) is 1.52. The number of thioether (sulfide) groups is 1. The lowest BCUT2D eigenvalue weighted by Crippen LogP contribution is -2.08. The van der Waals surface area contributed by atoms with Crippen molar-refractivity contribution in [2.24, 2.45) is 0 Å². The minimum atomic E-state index is 0.380. The average Bonchev–Trinajstić information content (AvgIpc) is 2.81. The first kappa shape index (κ1) is 12.1. The van der Waals surface area contributed by atoms with Crippen LogP contribution in [0.3, 0.4) is 0 Å². The van der Waals surface area contributed by atoms with Gasteiger partial charge < -0.3 is 10.1 Å². The summed E-state index contributed by atoms with van der Waals surface area (Å²) in [4.78, 5) is 8.51. The fourth-order valence-corrected chi connectivity index (χ4v) is 3.00. The van der Waals surface area contributed by atoms with E-state index in [4.69, 9.17) is 4.74 Å². The molecule has 2 heterocycles. The first-order valence-electron chi connectivity index (χ1n) is 5.24. The standard InChI is InChI=1S/C10H14BrN3OS/c1-12-10-13-5-8(11)9(14-10)16-6-7-3-2-4-15-7/h5,7H,2-4,6H2,1H3,(H,12,13,14). The summed E-state index contributed by atoms with van der Waals surface area (Å²) in [6.07, 6.45) is 4.49. The molecule has 1 saturated heterocycles. The highest BCUT2D eigenvalue weighted by atomic mass is 79.9. The van der Waals surface area contributed by atoms with Gasteiger partial charge in [-0.25, -0.2) is 9.97 Å². The Morgan fingerprint density at radius 2 is 2.56 bits per heavy atom. The number of nitrogens with one attached hydrogen (secondary N) is 1. The zero-order valence-electron chi connectivity index (χ0n) is 9.07. The van der Waals surface area contributed by atoms with Crippen molar-refractivity contribution in [3.8, 4) is 0 Å². The van der Waals surface area contributed by atoms with Gasteiger partial charge >= 0.3 is 0 Å². The number of nitrogens with zero attached hydrogens (tertiary/aromatic N) is 2. The Hall–Kier alpha value is -0.330. The van der Waals surface area contributed by atoms with Crippen molar-refractivity contribution in [2.75, 3.05) is 24.7 Å². The molecule has 0 saturated carbocycles. The lowest BCUT2D eigenvalue weighted by atomic mass is 10.3. The van der Waals surface area contributed by atoms with Gasteiger partial charge in [0, 0.05) is 25.6 Å². The monoisotopic (exact) mass is 303 g/mol. The van der Waals surface area contributed by atoms with E-state index in [9.17, 15) is 0 Å². The van der Waals surface area contributed by atoms with E-state index in [1.165, 1.54) is 6.42 Å². The molecule has 1 atom stereocenters. The van der Waals surface area contributed by atoms with Crippen molar-refractivity contribution in [3.05, 3.63) is 10.7 Å². The van der Waals surface area contributed by atoms with Crippen molar-refractivity contribution >= 4 is 33.6 Å². The predicted octanol–water partition coefficient (Wildman–Crippen LogP) is 2.55. The molecular weight excluding hydrogens is 290 g/mol. The molecule has 6 heteroatoms. The predicted molar refractivity (Wildman–Crippen MR) is 69.0 cm³/mol. The smallest absolute Gasteiger partial charge is 0.223 e. The van der Waals surface area contributed by atoms with Gasteiger partial charge in [-0.1, -0.05) is 0 Å². The van der Waals surface area contributed by atoms with Crippen molar-refractivity contribution < 1.29 is 4.74 Å². The van der Waals surface area contributed by atoms with Crippen LogP contribution in [0, 0.1) is 0 Å². The average molecular weight is 304 g/mol. The van der Waals surface area contributed by atoms with Crippen molar-refractivity contribution in [1.82, 2.24) is 9.97 Å². The second kappa shape index (κ2) is 5.84. The highest BCUT2D eigenvalue weighted by Crippen LogP contribution is 2.28. The molecule has 1 unspecified atom stereocenters. The van der Waals surface area contributed by atoms with Crippen LogP contribution in [0.5, 0.6) is 0 Å². The highest BCUT2D eigenvalue weighted by Gasteiger charge is 2.16. The molecule has 88 valence electrons. The number of hydrogen-bond donors (Lipinski definition) is 1. The van der Waals surface area contributed by atoms with Crippen LogP contribution in [0.1, 0.15) is 12.8 Å². The Morgan fingerprint density at radius 1 is 1.69 bits per heavy atom. The van der Waals surface area contributed by atoms with Gasteiger partial charge in [0.15, 0.2) is 0 Å². The van der Waals surface area contributed by atoms with E-state index in [0.29, 0.717) is 12.1 Å². The number of rotatable bonds is 4.